The molecular formula is C11H18ClN3O. The molecule has 0 atom stereocenters. The molecule has 0 bridgehead atoms. The van der Waals surface area contributed by atoms with Crippen LogP contribution in [0.25, 0.3) is 0 Å². The van der Waals surface area contributed by atoms with Gasteiger partial charge >= 0.3 is 0 Å². The van der Waals surface area contributed by atoms with Crippen molar-refractivity contribution in [2.24, 2.45) is 0 Å². The lowest BCUT2D eigenvalue weighted by Gasteiger charge is -2.26. The van der Waals surface area contributed by atoms with Crippen LogP contribution in [0.5, 0.6) is 0 Å². The summed E-state index contributed by atoms with van der Waals surface area (Å²) in [6.07, 6.45) is 0. The quantitative estimate of drug-likeness (QED) is 0.745. The van der Waals surface area contributed by atoms with E-state index in [2.05, 4.69) is 35.6 Å². The van der Waals surface area contributed by atoms with E-state index in [4.69, 9.17) is 16.3 Å². The molecule has 0 amide bonds. The standard InChI is InChI=1S/C11H18ClN3O/c1-5-15(8(2)3)11-6-9(12)13-10(14-11)7-16-4/h6,8H,5,7H2,1-4H3. The van der Waals surface area contributed by atoms with Crippen LogP contribution < -0.4 is 4.90 Å². The molecule has 0 spiro atoms. The summed E-state index contributed by atoms with van der Waals surface area (Å²) < 4.78 is 5.01. The van der Waals surface area contributed by atoms with Gasteiger partial charge in [-0.3, -0.25) is 0 Å². The number of aromatic nitrogens is 2. The summed E-state index contributed by atoms with van der Waals surface area (Å²) in [4.78, 5) is 10.7. The van der Waals surface area contributed by atoms with Gasteiger partial charge in [0.05, 0.1) is 0 Å². The molecule has 5 heteroatoms. The highest BCUT2D eigenvalue weighted by molar-refractivity contribution is 6.29. The summed E-state index contributed by atoms with van der Waals surface area (Å²) in [7, 11) is 1.62. The highest BCUT2D eigenvalue weighted by Gasteiger charge is 2.12. The van der Waals surface area contributed by atoms with Gasteiger partial charge in [-0.1, -0.05) is 11.6 Å². The third-order valence-corrected chi connectivity index (χ3v) is 2.45. The average molecular weight is 244 g/mol. The van der Waals surface area contributed by atoms with Crippen molar-refractivity contribution in [3.8, 4) is 0 Å². The molecule has 0 aromatic carbocycles. The van der Waals surface area contributed by atoms with Gasteiger partial charge in [0.2, 0.25) is 0 Å². The molecule has 1 heterocycles. The molecule has 0 aliphatic carbocycles. The number of halogens is 1. The van der Waals surface area contributed by atoms with Gasteiger partial charge in [-0.25, -0.2) is 9.97 Å². The van der Waals surface area contributed by atoms with Gasteiger partial charge in [-0.2, -0.15) is 0 Å². The summed E-state index contributed by atoms with van der Waals surface area (Å²) in [5.41, 5.74) is 0. The van der Waals surface area contributed by atoms with E-state index >= 15 is 0 Å². The summed E-state index contributed by atoms with van der Waals surface area (Å²) in [5.74, 6) is 1.47. The molecule has 0 saturated carbocycles. The normalized spacial score (nSPS) is 10.9. The zero-order chi connectivity index (χ0) is 12.1. The minimum atomic E-state index is 0.378. The second kappa shape index (κ2) is 6.01. The SMILES string of the molecule is CCN(c1cc(Cl)nc(COC)n1)C(C)C. The first-order valence-electron chi connectivity index (χ1n) is 5.37. The predicted octanol–water partition coefficient (Wildman–Crippen LogP) is 2.51. The van der Waals surface area contributed by atoms with E-state index in [1.165, 1.54) is 0 Å². The van der Waals surface area contributed by atoms with Crippen molar-refractivity contribution in [1.82, 2.24) is 9.97 Å². The van der Waals surface area contributed by atoms with Crippen molar-refractivity contribution in [3.63, 3.8) is 0 Å². The van der Waals surface area contributed by atoms with Crippen LogP contribution in [-0.4, -0.2) is 29.7 Å². The second-order valence-corrected chi connectivity index (χ2v) is 4.17. The van der Waals surface area contributed by atoms with E-state index in [9.17, 15) is 0 Å². The Morgan fingerprint density at radius 2 is 2.12 bits per heavy atom. The molecule has 4 nitrogen and oxygen atoms in total. The molecule has 16 heavy (non-hydrogen) atoms. The Balaban J connectivity index is 3.02. The highest BCUT2D eigenvalue weighted by Crippen LogP contribution is 2.18. The van der Waals surface area contributed by atoms with Crippen LogP contribution in [0.4, 0.5) is 5.82 Å². The van der Waals surface area contributed by atoms with Crippen molar-refractivity contribution < 1.29 is 4.74 Å². The Morgan fingerprint density at radius 1 is 1.44 bits per heavy atom. The topological polar surface area (TPSA) is 38.2 Å². The van der Waals surface area contributed by atoms with E-state index in [1.54, 1.807) is 13.2 Å². The highest BCUT2D eigenvalue weighted by atomic mass is 35.5. The van der Waals surface area contributed by atoms with Crippen LogP contribution in [0.2, 0.25) is 5.15 Å². The van der Waals surface area contributed by atoms with Gasteiger partial charge in [0.1, 0.15) is 17.6 Å². The first-order chi connectivity index (χ1) is 7.58. The van der Waals surface area contributed by atoms with E-state index in [-0.39, 0.29) is 0 Å². The van der Waals surface area contributed by atoms with E-state index in [0.29, 0.717) is 23.6 Å². The van der Waals surface area contributed by atoms with Crippen LogP contribution in [0, 0.1) is 0 Å². The number of rotatable bonds is 5. The number of anilines is 1. The third-order valence-electron chi connectivity index (χ3n) is 2.26. The fraction of sp³-hybridized carbons (Fsp3) is 0.636. The number of ether oxygens (including phenoxy) is 1. The van der Waals surface area contributed by atoms with Gasteiger partial charge in [-0.15, -0.1) is 0 Å². The van der Waals surface area contributed by atoms with Crippen molar-refractivity contribution in [2.75, 3.05) is 18.6 Å². The van der Waals surface area contributed by atoms with E-state index < -0.39 is 0 Å². The molecule has 0 saturated heterocycles. The molecule has 90 valence electrons. The monoisotopic (exact) mass is 243 g/mol. The lowest BCUT2D eigenvalue weighted by atomic mass is 10.3. The smallest absolute Gasteiger partial charge is 0.158 e. The molecule has 0 aliphatic heterocycles. The van der Waals surface area contributed by atoms with Crippen molar-refractivity contribution in [2.45, 2.75) is 33.4 Å². The zero-order valence-corrected chi connectivity index (χ0v) is 11.0. The Labute approximate surface area is 102 Å². The lowest BCUT2D eigenvalue weighted by molar-refractivity contribution is 0.178. The fourth-order valence-electron chi connectivity index (χ4n) is 1.58. The Morgan fingerprint density at radius 3 is 2.62 bits per heavy atom. The van der Waals surface area contributed by atoms with Gasteiger partial charge in [0.25, 0.3) is 0 Å². The number of nitrogens with zero attached hydrogens (tertiary/aromatic N) is 3. The lowest BCUT2D eigenvalue weighted by Crippen LogP contribution is -2.31. The predicted molar refractivity (Wildman–Crippen MR) is 65.9 cm³/mol. The number of methoxy groups -OCH3 is 1. The van der Waals surface area contributed by atoms with Crippen LogP contribution >= 0.6 is 11.6 Å². The average Bonchev–Trinajstić information content (AvgIpc) is 2.17. The van der Waals surface area contributed by atoms with Crippen LogP contribution in [0.15, 0.2) is 6.07 Å². The van der Waals surface area contributed by atoms with Gasteiger partial charge in [-0.05, 0) is 20.8 Å². The molecular weight excluding hydrogens is 226 g/mol. The minimum Gasteiger partial charge on any atom is -0.377 e. The number of hydrogen-bond donors (Lipinski definition) is 0. The van der Waals surface area contributed by atoms with Crippen LogP contribution in [0.1, 0.15) is 26.6 Å². The molecule has 0 fully saturated rings. The van der Waals surface area contributed by atoms with Crippen molar-refractivity contribution in [1.29, 1.82) is 0 Å². The fourth-order valence-corrected chi connectivity index (χ4v) is 1.78. The van der Waals surface area contributed by atoms with Gasteiger partial charge in [0, 0.05) is 25.8 Å². The van der Waals surface area contributed by atoms with Crippen LogP contribution in [-0.2, 0) is 11.3 Å². The molecule has 0 N–H and O–H groups in total. The summed E-state index contributed by atoms with van der Waals surface area (Å²) >= 11 is 5.96. The molecule has 0 radical (unpaired) electrons. The zero-order valence-electron chi connectivity index (χ0n) is 10.2. The van der Waals surface area contributed by atoms with Gasteiger partial charge in [0.15, 0.2) is 5.82 Å². The number of hydrogen-bond acceptors (Lipinski definition) is 4. The summed E-state index contributed by atoms with van der Waals surface area (Å²) in [5, 5.41) is 0.455. The van der Waals surface area contributed by atoms with E-state index in [1.807, 2.05) is 0 Å². The van der Waals surface area contributed by atoms with Crippen molar-refractivity contribution in [3.05, 3.63) is 17.0 Å². The molecule has 1 aromatic rings. The molecule has 1 aromatic heterocycles. The molecule has 1 rings (SSSR count). The Bertz CT molecular complexity index is 344. The first kappa shape index (κ1) is 13.2. The summed E-state index contributed by atoms with van der Waals surface area (Å²) in [6, 6.07) is 2.16. The molecule has 0 unspecified atom stereocenters. The largest absolute Gasteiger partial charge is 0.377 e. The van der Waals surface area contributed by atoms with E-state index in [0.717, 1.165) is 12.4 Å². The Kier molecular flexibility index (Phi) is 4.96. The third kappa shape index (κ3) is 3.32. The van der Waals surface area contributed by atoms with Gasteiger partial charge < -0.3 is 9.64 Å². The van der Waals surface area contributed by atoms with Crippen LogP contribution in [0.3, 0.4) is 0 Å². The van der Waals surface area contributed by atoms with Crippen molar-refractivity contribution >= 4 is 17.4 Å². The first-order valence-corrected chi connectivity index (χ1v) is 5.75. The maximum atomic E-state index is 5.96. The maximum Gasteiger partial charge on any atom is 0.158 e. The second-order valence-electron chi connectivity index (χ2n) is 3.78. The molecule has 0 aliphatic rings. The Hall–Kier alpha value is -0.870. The maximum absolute atomic E-state index is 5.96. The summed E-state index contributed by atoms with van der Waals surface area (Å²) in [6.45, 7) is 7.59. The minimum absolute atomic E-state index is 0.378.